The molecule has 3 heteroatoms. The highest BCUT2D eigenvalue weighted by Gasteiger charge is 2.03. The number of para-hydroxylation sites is 2. The van der Waals surface area contributed by atoms with Gasteiger partial charge in [0, 0.05) is 11.1 Å². The Morgan fingerprint density at radius 2 is 1.67 bits per heavy atom. The van der Waals surface area contributed by atoms with Crippen molar-refractivity contribution in [3.8, 4) is 0 Å². The Labute approximate surface area is 110 Å². The summed E-state index contributed by atoms with van der Waals surface area (Å²) in [6.07, 6.45) is 0. The van der Waals surface area contributed by atoms with Crippen LogP contribution in [-0.4, -0.2) is 4.98 Å². The lowest BCUT2D eigenvalue weighted by Crippen LogP contribution is -1.92. The van der Waals surface area contributed by atoms with Gasteiger partial charge in [-0.1, -0.05) is 41.9 Å². The molecule has 88 valence electrons. The number of fused-ring (bicyclic) bond motifs is 1. The van der Waals surface area contributed by atoms with Crippen LogP contribution in [0.3, 0.4) is 0 Å². The number of hydrogen-bond donors (Lipinski definition) is 1. The fraction of sp³-hybridized carbons (Fsp3) is 0. The molecule has 0 spiro atoms. The van der Waals surface area contributed by atoms with Crippen LogP contribution in [-0.2, 0) is 0 Å². The molecule has 0 bridgehead atoms. The Hall–Kier alpha value is -2.06. The standard InChI is InChI=1S/C15H11ClN2/c16-14-10-9-11-5-4-8-13(15(11)18-14)17-12-6-2-1-3-7-12/h1-10,17H. The van der Waals surface area contributed by atoms with Crippen LogP contribution >= 0.6 is 11.6 Å². The van der Waals surface area contributed by atoms with Crippen molar-refractivity contribution in [3.05, 3.63) is 65.8 Å². The molecule has 0 aliphatic rings. The molecule has 0 atom stereocenters. The van der Waals surface area contributed by atoms with Crippen molar-refractivity contribution < 1.29 is 0 Å². The second-order valence-corrected chi connectivity index (χ2v) is 4.39. The highest BCUT2D eigenvalue weighted by Crippen LogP contribution is 2.26. The first-order chi connectivity index (χ1) is 8.83. The zero-order chi connectivity index (χ0) is 12.4. The van der Waals surface area contributed by atoms with Gasteiger partial charge in [0.25, 0.3) is 0 Å². The molecule has 0 saturated heterocycles. The zero-order valence-corrected chi connectivity index (χ0v) is 10.4. The highest BCUT2D eigenvalue weighted by molar-refractivity contribution is 6.29. The molecule has 0 radical (unpaired) electrons. The van der Waals surface area contributed by atoms with E-state index in [4.69, 9.17) is 11.6 Å². The number of benzene rings is 2. The molecule has 0 amide bonds. The molecule has 0 unspecified atom stereocenters. The number of nitrogens with zero attached hydrogens (tertiary/aromatic N) is 1. The normalized spacial score (nSPS) is 10.5. The first-order valence-corrected chi connectivity index (χ1v) is 6.08. The van der Waals surface area contributed by atoms with Crippen LogP contribution in [0.25, 0.3) is 10.9 Å². The molecule has 1 aromatic heterocycles. The topological polar surface area (TPSA) is 24.9 Å². The fourth-order valence-corrected chi connectivity index (χ4v) is 2.05. The van der Waals surface area contributed by atoms with Gasteiger partial charge in [0.15, 0.2) is 0 Å². The van der Waals surface area contributed by atoms with Crippen molar-refractivity contribution in [2.24, 2.45) is 0 Å². The molecule has 1 N–H and O–H groups in total. The first-order valence-electron chi connectivity index (χ1n) is 5.70. The Morgan fingerprint density at radius 1 is 0.833 bits per heavy atom. The van der Waals surface area contributed by atoms with Gasteiger partial charge in [0.1, 0.15) is 5.15 Å². The maximum Gasteiger partial charge on any atom is 0.129 e. The third-order valence-corrected chi connectivity index (χ3v) is 2.95. The largest absolute Gasteiger partial charge is 0.354 e. The number of nitrogens with one attached hydrogen (secondary N) is 1. The van der Waals surface area contributed by atoms with E-state index in [9.17, 15) is 0 Å². The quantitative estimate of drug-likeness (QED) is 0.675. The summed E-state index contributed by atoms with van der Waals surface area (Å²) >= 11 is 5.95. The van der Waals surface area contributed by atoms with E-state index in [0.29, 0.717) is 5.15 Å². The molecule has 2 nitrogen and oxygen atoms in total. The van der Waals surface area contributed by atoms with E-state index in [1.807, 2.05) is 54.6 Å². The summed E-state index contributed by atoms with van der Waals surface area (Å²) in [6, 6.07) is 19.8. The Balaban J connectivity index is 2.09. The van der Waals surface area contributed by atoms with E-state index in [-0.39, 0.29) is 0 Å². The van der Waals surface area contributed by atoms with Crippen molar-refractivity contribution in [2.45, 2.75) is 0 Å². The summed E-state index contributed by atoms with van der Waals surface area (Å²) in [5.41, 5.74) is 2.88. The number of hydrogen-bond acceptors (Lipinski definition) is 2. The molecule has 18 heavy (non-hydrogen) atoms. The summed E-state index contributed by atoms with van der Waals surface area (Å²) in [7, 11) is 0. The summed E-state index contributed by atoms with van der Waals surface area (Å²) in [6.45, 7) is 0. The summed E-state index contributed by atoms with van der Waals surface area (Å²) in [4.78, 5) is 4.37. The minimum atomic E-state index is 0.504. The highest BCUT2D eigenvalue weighted by atomic mass is 35.5. The SMILES string of the molecule is Clc1ccc2cccc(Nc3ccccc3)c2n1. The second-order valence-electron chi connectivity index (χ2n) is 4.00. The molecular weight excluding hydrogens is 244 g/mol. The second kappa shape index (κ2) is 4.67. The maximum atomic E-state index is 5.95. The maximum absolute atomic E-state index is 5.95. The van der Waals surface area contributed by atoms with Crippen LogP contribution in [0.2, 0.25) is 5.15 Å². The van der Waals surface area contributed by atoms with Crippen molar-refractivity contribution in [2.75, 3.05) is 5.32 Å². The van der Waals surface area contributed by atoms with E-state index in [1.54, 1.807) is 6.07 Å². The molecule has 3 aromatic rings. The van der Waals surface area contributed by atoms with Gasteiger partial charge >= 0.3 is 0 Å². The van der Waals surface area contributed by atoms with Crippen molar-refractivity contribution in [1.82, 2.24) is 4.98 Å². The minimum Gasteiger partial charge on any atom is -0.354 e. The van der Waals surface area contributed by atoms with Gasteiger partial charge in [-0.05, 0) is 30.3 Å². The van der Waals surface area contributed by atoms with Gasteiger partial charge in [0.2, 0.25) is 0 Å². The lowest BCUT2D eigenvalue weighted by molar-refractivity contribution is 1.40. The van der Waals surface area contributed by atoms with Gasteiger partial charge in [-0.15, -0.1) is 0 Å². The van der Waals surface area contributed by atoms with Crippen LogP contribution in [0, 0.1) is 0 Å². The molecule has 0 aliphatic carbocycles. The van der Waals surface area contributed by atoms with Crippen LogP contribution in [0.1, 0.15) is 0 Å². The molecule has 2 aromatic carbocycles. The lowest BCUT2D eigenvalue weighted by Gasteiger charge is -2.09. The number of aromatic nitrogens is 1. The van der Waals surface area contributed by atoms with E-state index < -0.39 is 0 Å². The van der Waals surface area contributed by atoms with Gasteiger partial charge < -0.3 is 5.32 Å². The predicted molar refractivity (Wildman–Crippen MR) is 76.5 cm³/mol. The van der Waals surface area contributed by atoms with E-state index in [1.165, 1.54) is 0 Å². The van der Waals surface area contributed by atoms with Crippen LogP contribution in [0.5, 0.6) is 0 Å². The predicted octanol–water partition coefficient (Wildman–Crippen LogP) is 4.63. The number of anilines is 2. The zero-order valence-electron chi connectivity index (χ0n) is 9.60. The van der Waals surface area contributed by atoms with E-state index in [0.717, 1.165) is 22.3 Å². The van der Waals surface area contributed by atoms with Gasteiger partial charge in [-0.2, -0.15) is 0 Å². The average Bonchev–Trinajstić information content (AvgIpc) is 2.41. The van der Waals surface area contributed by atoms with Crippen molar-refractivity contribution in [1.29, 1.82) is 0 Å². The van der Waals surface area contributed by atoms with Gasteiger partial charge in [-0.3, -0.25) is 0 Å². The minimum absolute atomic E-state index is 0.504. The summed E-state index contributed by atoms with van der Waals surface area (Å²) in [5.74, 6) is 0. The molecule has 0 aliphatic heterocycles. The smallest absolute Gasteiger partial charge is 0.129 e. The monoisotopic (exact) mass is 254 g/mol. The molecule has 0 fully saturated rings. The first kappa shape index (κ1) is 11.1. The molecule has 0 saturated carbocycles. The van der Waals surface area contributed by atoms with Crippen LogP contribution in [0.4, 0.5) is 11.4 Å². The third-order valence-electron chi connectivity index (χ3n) is 2.74. The molecular formula is C15H11ClN2. The third kappa shape index (κ3) is 2.15. The van der Waals surface area contributed by atoms with E-state index in [2.05, 4.69) is 10.3 Å². The van der Waals surface area contributed by atoms with E-state index >= 15 is 0 Å². The summed E-state index contributed by atoms with van der Waals surface area (Å²) in [5, 5.41) is 4.93. The Kier molecular flexibility index (Phi) is 2.87. The number of halogens is 1. The average molecular weight is 255 g/mol. The molecule has 3 rings (SSSR count). The number of rotatable bonds is 2. The van der Waals surface area contributed by atoms with Crippen molar-refractivity contribution in [3.63, 3.8) is 0 Å². The van der Waals surface area contributed by atoms with Gasteiger partial charge in [0.05, 0.1) is 11.2 Å². The lowest BCUT2D eigenvalue weighted by atomic mass is 10.2. The molecule has 1 heterocycles. The van der Waals surface area contributed by atoms with Crippen LogP contribution < -0.4 is 5.32 Å². The van der Waals surface area contributed by atoms with Crippen molar-refractivity contribution >= 4 is 33.9 Å². The summed E-state index contributed by atoms with van der Waals surface area (Å²) < 4.78 is 0. The Bertz CT molecular complexity index is 680. The van der Waals surface area contributed by atoms with Gasteiger partial charge in [-0.25, -0.2) is 4.98 Å². The van der Waals surface area contributed by atoms with Crippen LogP contribution in [0.15, 0.2) is 60.7 Å². The fourth-order valence-electron chi connectivity index (χ4n) is 1.90. The number of pyridine rings is 1. The Morgan fingerprint density at radius 3 is 2.50 bits per heavy atom.